The van der Waals surface area contributed by atoms with Gasteiger partial charge in [-0.2, -0.15) is 0 Å². The molecule has 1 aliphatic heterocycles. The molecule has 0 bridgehead atoms. The molecule has 131 heavy (non-hydrogen) atoms. The highest BCUT2D eigenvalue weighted by atomic mass is 16.3. The molecule has 1 aliphatic rings. The number of allylic oxidation sites excluding steroid dienone is 4. The van der Waals surface area contributed by atoms with Gasteiger partial charge in [-0.1, -0.05) is 222 Å². The van der Waals surface area contributed by atoms with Crippen LogP contribution in [0, 0.1) is 76.9 Å². The van der Waals surface area contributed by atoms with Crippen molar-refractivity contribution in [3.63, 3.8) is 0 Å². The molecular weight excluding hydrogens is 1670 g/mol. The second-order valence-corrected chi connectivity index (χ2v) is 40.0. The van der Waals surface area contributed by atoms with Crippen LogP contribution in [0.15, 0.2) is 60.7 Å². The number of rotatable bonds is 50. The quantitative estimate of drug-likeness (QED) is 0.0281. The van der Waals surface area contributed by atoms with Crippen molar-refractivity contribution < 1.29 is 82.4 Å². The Morgan fingerprint density at radius 1 is 0.489 bits per heavy atom. The summed E-state index contributed by atoms with van der Waals surface area (Å²) in [5, 5.41) is 45.9. The van der Waals surface area contributed by atoms with Crippen molar-refractivity contribution >= 4 is 82.5 Å². The van der Waals surface area contributed by atoms with E-state index in [-0.39, 0.29) is 130 Å². The molecule has 0 saturated carbocycles. The van der Waals surface area contributed by atoms with Crippen LogP contribution in [0.2, 0.25) is 0 Å². The van der Waals surface area contributed by atoms with Gasteiger partial charge in [0.1, 0.15) is 65.9 Å². The van der Waals surface area contributed by atoms with Gasteiger partial charge in [0, 0.05) is 111 Å². The summed E-state index contributed by atoms with van der Waals surface area (Å²) < 4.78 is 0. The number of aliphatic hydroxyl groups is 2. The van der Waals surface area contributed by atoms with Gasteiger partial charge in [-0.15, -0.1) is 0 Å². The van der Waals surface area contributed by atoms with E-state index in [4.69, 9.17) is 0 Å². The molecule has 0 radical (unpaired) electrons. The average molecular weight is 1850 g/mol. The lowest BCUT2D eigenvalue weighted by atomic mass is 9.88. The van der Waals surface area contributed by atoms with E-state index in [2.05, 4.69) is 47.1 Å². The summed E-state index contributed by atoms with van der Waals surface area (Å²) in [6, 6.07) is -3.08. The number of benzene rings is 1. The average Bonchev–Trinajstić information content (AvgIpc) is 0.798. The van der Waals surface area contributed by atoms with Crippen LogP contribution in [0.3, 0.4) is 0 Å². The zero-order chi connectivity index (χ0) is 102. The lowest BCUT2D eigenvalue weighted by molar-refractivity contribution is -0.156. The van der Waals surface area contributed by atoms with E-state index in [0.29, 0.717) is 57.9 Å². The Morgan fingerprint density at radius 3 is 1.28 bits per heavy atom. The van der Waals surface area contributed by atoms with Crippen molar-refractivity contribution in [3.05, 3.63) is 66.3 Å². The number of nitrogens with one attached hydrogen (secondary N) is 5. The van der Waals surface area contributed by atoms with E-state index in [0.717, 1.165) is 24.0 Å². The molecular formula is C101H177N13O17. The molecule has 16 atom stereocenters. The maximum atomic E-state index is 14.5. The largest absolute Gasteiger partial charge is 0.508 e. The Labute approximate surface area is 787 Å². The van der Waals surface area contributed by atoms with Crippen LogP contribution in [0.25, 0.3) is 0 Å². The standard InChI is InChI=1S/C40H73N5O7.C36H66N4O6.C25H38N4O4/c1-17-30(38(50)42(13)28(10)11)41-36(48)34(35(47)29(12)21-19-18-20-22-32(46)25(4)5)45(16)40(52)33(26(6)7)44(15)39(51)31(23-24(2)3)43(14)37(49)27(8)9;1-16-18-19-25(11)31(41)30(33(43)37-27(17-2)32(42)26(12)22(5)6)40(15)36(46)29(23(7)8)39(14)35(45)28(20-21(3)4)38(13)34(44)24(9)10;1-15(2)17(5)21-11-8-12-29(28-21)25(33)22(14-19-9-7-10-20(31)13-19)27-24(32)23(16(3)4)26-18(6)30/h18-19,24-31,33-35,47H,17,20-23H2,1-16H3,(H,41,48);16,18,21-31,41H,17,19-20H2,1-15H3,(H,37,43);7,9-10,13,15-16,21-23,28,31H,5,8,11-12,14H2,1-4,6H3,(H,26,30)(H,27,32)/b19-18+;18-16+;. The van der Waals surface area contributed by atoms with Gasteiger partial charge in [0.25, 0.3) is 5.91 Å². The number of likely N-dealkylation sites (N-methyl/N-ethyl adjacent to an activating group) is 7. The summed E-state index contributed by atoms with van der Waals surface area (Å²) in [6.07, 6.45) is 10.1. The van der Waals surface area contributed by atoms with Gasteiger partial charge >= 0.3 is 0 Å². The molecule has 12 amide bonds. The van der Waals surface area contributed by atoms with Crippen molar-refractivity contribution in [1.82, 2.24) is 66.0 Å². The predicted molar refractivity (Wildman–Crippen MR) is 520 cm³/mol. The van der Waals surface area contributed by atoms with Gasteiger partial charge in [0.15, 0.2) is 5.78 Å². The smallest absolute Gasteiger partial charge is 0.259 e. The first-order chi connectivity index (χ1) is 60.6. The van der Waals surface area contributed by atoms with Crippen LogP contribution in [0.5, 0.6) is 5.75 Å². The topological polar surface area (TPSA) is 386 Å². The van der Waals surface area contributed by atoms with E-state index in [1.54, 1.807) is 120 Å². The molecule has 2 rings (SSSR count). The Hall–Kier alpha value is -8.90. The summed E-state index contributed by atoms with van der Waals surface area (Å²) in [4.78, 5) is 198. The highest BCUT2D eigenvalue weighted by Crippen LogP contribution is 2.29. The molecule has 0 aliphatic carbocycles. The first-order valence-corrected chi connectivity index (χ1v) is 47.9. The Morgan fingerprint density at radius 2 is 0.916 bits per heavy atom. The summed E-state index contributed by atoms with van der Waals surface area (Å²) in [7, 11) is 10.9. The predicted octanol–water partition coefficient (Wildman–Crippen LogP) is 11.4. The van der Waals surface area contributed by atoms with Crippen molar-refractivity contribution in [1.29, 1.82) is 0 Å². The lowest BCUT2D eigenvalue weighted by Crippen LogP contribution is -2.63. The maximum absolute atomic E-state index is 14.5. The van der Waals surface area contributed by atoms with Crippen molar-refractivity contribution in [3.8, 4) is 5.75 Å². The molecule has 30 heteroatoms. The fourth-order valence-electron chi connectivity index (χ4n) is 15.7. The van der Waals surface area contributed by atoms with Gasteiger partial charge in [0.2, 0.25) is 65.0 Å². The molecule has 1 aromatic carbocycles. The minimum Gasteiger partial charge on any atom is -0.508 e. The first kappa shape index (κ1) is 122. The van der Waals surface area contributed by atoms with Crippen molar-refractivity contribution in [2.24, 2.45) is 76.9 Å². The van der Waals surface area contributed by atoms with E-state index >= 15 is 0 Å². The number of carbonyl (C=O) groups is 14. The number of ketones is 2. The number of carbonyl (C=O) groups excluding carboxylic acids is 14. The van der Waals surface area contributed by atoms with Crippen LogP contribution in [0.1, 0.15) is 271 Å². The van der Waals surface area contributed by atoms with Crippen LogP contribution in [-0.2, 0) is 73.5 Å². The fourth-order valence-corrected chi connectivity index (χ4v) is 15.7. The number of hydrogen-bond donors (Lipinski definition) is 8. The van der Waals surface area contributed by atoms with Crippen molar-refractivity contribution in [2.75, 3.05) is 55.9 Å². The summed E-state index contributed by atoms with van der Waals surface area (Å²) in [5.74, 6) is -6.84. The van der Waals surface area contributed by atoms with Gasteiger partial charge in [-0.3, -0.25) is 72.1 Å². The molecule has 1 aromatic rings. The molecule has 16 unspecified atom stereocenters. The van der Waals surface area contributed by atoms with E-state index in [1.807, 2.05) is 142 Å². The number of hydrazine groups is 1. The number of aromatic hydroxyl groups is 1. The van der Waals surface area contributed by atoms with Gasteiger partial charge in [0.05, 0.1) is 18.2 Å². The number of amides is 12. The minimum absolute atomic E-state index is 0.0115. The molecule has 1 saturated heterocycles. The second kappa shape index (κ2) is 59.0. The molecule has 748 valence electrons. The minimum atomic E-state index is -1.40. The zero-order valence-corrected chi connectivity index (χ0v) is 87.0. The third-order valence-electron chi connectivity index (χ3n) is 25.0. The Balaban J connectivity index is 0.00000198. The summed E-state index contributed by atoms with van der Waals surface area (Å²) >= 11 is 0. The van der Waals surface area contributed by atoms with Crippen LogP contribution < -0.4 is 26.7 Å². The van der Waals surface area contributed by atoms with Gasteiger partial charge < -0.3 is 70.9 Å². The summed E-state index contributed by atoms with van der Waals surface area (Å²) in [6.45, 7) is 58.3. The van der Waals surface area contributed by atoms with E-state index < -0.39 is 126 Å². The molecule has 1 heterocycles. The molecule has 0 spiro atoms. The van der Waals surface area contributed by atoms with Crippen molar-refractivity contribution in [2.45, 2.75) is 356 Å². The molecule has 1 fully saturated rings. The number of hydrogen-bond acceptors (Lipinski definition) is 18. The molecule has 0 aromatic heterocycles. The van der Waals surface area contributed by atoms with Gasteiger partial charge in [-0.05, 0) is 150 Å². The zero-order valence-electron chi connectivity index (χ0n) is 87.0. The van der Waals surface area contributed by atoms with Crippen LogP contribution in [-0.4, -0.2) is 278 Å². The Bertz CT molecular complexity index is 3890. The van der Waals surface area contributed by atoms with Gasteiger partial charge in [-0.25, -0.2) is 5.43 Å². The third-order valence-corrected chi connectivity index (χ3v) is 25.0. The van der Waals surface area contributed by atoms with Crippen LogP contribution in [0.4, 0.5) is 0 Å². The second-order valence-electron chi connectivity index (χ2n) is 40.0. The van der Waals surface area contributed by atoms with E-state index in [1.165, 1.54) is 62.4 Å². The number of phenolic OH excluding ortho intramolecular Hbond substituents is 1. The first-order valence-electron chi connectivity index (χ1n) is 47.9. The maximum Gasteiger partial charge on any atom is 0.259 e. The number of phenols is 1. The summed E-state index contributed by atoms with van der Waals surface area (Å²) in [5.41, 5.74) is 5.03. The monoisotopic (exact) mass is 1840 g/mol. The SMILES string of the molecule is C/C=C/CC(C)C(O)C(C(=O)NC(CC)C(=O)C(C)C(C)C)N(C)C(=O)C(C(C)C)N(C)C(=O)C(CC(C)C)N(C)C(=O)C(C)C.C=C(C(C)C)C1CCCN(C(=O)C(Cc2cccc(O)c2)NC(=O)C(NC(C)=O)C(C)C)N1.CCC(NC(=O)C(C(O)C(C)C/C=C/CCC(=O)C(C)C)N(C)C(=O)C(C(C)C)N(C)C(=O)C(CC(C)C)N(C)C(=O)C(C)C)C(=O)N(C)C(C)C. The number of aliphatic hydroxyl groups excluding tert-OH is 2. The Kier molecular flexibility index (Phi) is 55.0. The normalized spacial score (nSPS) is 16.5. The van der Waals surface area contributed by atoms with Crippen LogP contribution >= 0.6 is 0 Å². The lowest BCUT2D eigenvalue weighted by Gasteiger charge is -2.41. The van der Waals surface area contributed by atoms with E-state index in [9.17, 15) is 82.4 Å². The molecule has 30 nitrogen and oxygen atoms in total. The third kappa shape index (κ3) is 38.5. The highest BCUT2D eigenvalue weighted by molar-refractivity contribution is 5.99. The fraction of sp³-hybridized carbons (Fsp3) is 0.743. The molecule has 8 N–H and O–H groups in total. The number of Topliss-reactive ketones (excluding diaryl/α,β-unsaturated/α-hetero) is 2. The number of nitrogens with zero attached hydrogens (tertiary/aromatic N) is 8. The highest BCUT2D eigenvalue weighted by Gasteiger charge is 2.47.